The molecule has 2 aliphatic carbocycles. The Morgan fingerprint density at radius 1 is 1.13 bits per heavy atom. The van der Waals surface area contributed by atoms with E-state index in [9.17, 15) is 9.59 Å². The van der Waals surface area contributed by atoms with Crippen molar-refractivity contribution in [3.8, 4) is 0 Å². The third-order valence-electron chi connectivity index (χ3n) is 6.86. The van der Waals surface area contributed by atoms with Gasteiger partial charge in [0.25, 0.3) is 5.91 Å². The zero-order chi connectivity index (χ0) is 21.6. The van der Waals surface area contributed by atoms with E-state index >= 15 is 0 Å². The van der Waals surface area contributed by atoms with Crippen LogP contribution in [0.25, 0.3) is 0 Å². The Morgan fingerprint density at radius 2 is 1.94 bits per heavy atom. The molecule has 1 heterocycles. The largest absolute Gasteiger partial charge is 0.481 e. The highest BCUT2D eigenvalue weighted by Gasteiger charge is 2.47. The number of carbonyl (C=O) groups is 2. The number of aliphatic carboxylic acids is 1. The minimum atomic E-state index is -0.732. The molecule has 1 amide bonds. The molecule has 0 unspecified atom stereocenters. The number of fused-ring (bicyclic) bond motifs is 2. The van der Waals surface area contributed by atoms with Gasteiger partial charge in [0.1, 0.15) is 0 Å². The molecular formula is C26H31NO3S. The topological polar surface area (TPSA) is 66.4 Å². The lowest BCUT2D eigenvalue weighted by Gasteiger charge is -2.31. The van der Waals surface area contributed by atoms with Crippen molar-refractivity contribution < 1.29 is 14.7 Å². The lowest BCUT2D eigenvalue weighted by molar-refractivity contribution is -0.137. The Bertz CT molecular complexity index is 920. The first-order valence-corrected chi connectivity index (χ1v) is 12.3. The summed E-state index contributed by atoms with van der Waals surface area (Å²) in [5, 5.41) is 14.1. The standard InChI is InChI=1S/C26H31NO3S/c28-24(29)11-7-2-1-6-10-23-19-12-13-20(15-19)25(23)27-26(30)21-16-22(31-17-21)14-18-8-4-3-5-9-18/h1,3-6,8-9,16-17,19-20,23,25H,2,7,10-15H2,(H,27,30)(H,28,29)/b6-1+/t19-,20+,23-,25-/m0/s1. The number of allylic oxidation sites excluding steroid dienone is 2. The van der Waals surface area contributed by atoms with E-state index in [-0.39, 0.29) is 18.4 Å². The van der Waals surface area contributed by atoms with Crippen LogP contribution < -0.4 is 5.32 Å². The maximum Gasteiger partial charge on any atom is 0.303 e. The molecule has 2 fully saturated rings. The van der Waals surface area contributed by atoms with E-state index in [2.05, 4.69) is 29.6 Å². The zero-order valence-electron chi connectivity index (χ0n) is 17.8. The Labute approximate surface area is 188 Å². The van der Waals surface area contributed by atoms with E-state index in [1.54, 1.807) is 11.3 Å². The van der Waals surface area contributed by atoms with Crippen molar-refractivity contribution in [2.75, 3.05) is 0 Å². The van der Waals surface area contributed by atoms with Crippen LogP contribution in [0.2, 0.25) is 0 Å². The highest BCUT2D eigenvalue weighted by atomic mass is 32.1. The lowest BCUT2D eigenvalue weighted by Crippen LogP contribution is -2.43. The van der Waals surface area contributed by atoms with Gasteiger partial charge in [-0.1, -0.05) is 42.5 Å². The number of rotatable bonds is 10. The maximum absolute atomic E-state index is 13.0. The van der Waals surface area contributed by atoms with Gasteiger partial charge in [-0.3, -0.25) is 9.59 Å². The van der Waals surface area contributed by atoms with Crippen LogP contribution in [0.5, 0.6) is 0 Å². The van der Waals surface area contributed by atoms with Gasteiger partial charge in [-0.05, 0) is 67.9 Å². The van der Waals surface area contributed by atoms with Gasteiger partial charge in [-0.2, -0.15) is 0 Å². The summed E-state index contributed by atoms with van der Waals surface area (Å²) in [5.74, 6) is 1.13. The van der Waals surface area contributed by atoms with Crippen molar-refractivity contribution in [2.45, 2.75) is 57.4 Å². The number of benzene rings is 1. The van der Waals surface area contributed by atoms with Crippen LogP contribution in [0.1, 0.15) is 65.7 Å². The number of carbonyl (C=O) groups excluding carboxylic acids is 1. The monoisotopic (exact) mass is 437 g/mol. The Kier molecular flexibility index (Phi) is 7.23. The average Bonchev–Trinajstić information content (AvgIpc) is 3.48. The van der Waals surface area contributed by atoms with Gasteiger partial charge in [0.05, 0.1) is 5.56 Å². The molecule has 5 heteroatoms. The fourth-order valence-corrected chi connectivity index (χ4v) is 6.24. The first kappa shape index (κ1) is 21.8. The van der Waals surface area contributed by atoms with Crippen molar-refractivity contribution in [2.24, 2.45) is 17.8 Å². The van der Waals surface area contributed by atoms with Crippen molar-refractivity contribution in [1.82, 2.24) is 5.32 Å². The van der Waals surface area contributed by atoms with Crippen LogP contribution in [0.3, 0.4) is 0 Å². The maximum atomic E-state index is 13.0. The third-order valence-corrected chi connectivity index (χ3v) is 7.80. The summed E-state index contributed by atoms with van der Waals surface area (Å²) in [7, 11) is 0. The Morgan fingerprint density at radius 3 is 2.74 bits per heavy atom. The highest BCUT2D eigenvalue weighted by molar-refractivity contribution is 7.10. The van der Waals surface area contributed by atoms with Crippen LogP contribution >= 0.6 is 11.3 Å². The predicted molar refractivity (Wildman–Crippen MR) is 124 cm³/mol. The second kappa shape index (κ2) is 10.3. The molecule has 4 nitrogen and oxygen atoms in total. The number of hydrogen-bond acceptors (Lipinski definition) is 3. The van der Waals surface area contributed by atoms with E-state index in [0.29, 0.717) is 24.2 Å². The van der Waals surface area contributed by atoms with Gasteiger partial charge in [0, 0.05) is 29.1 Å². The van der Waals surface area contributed by atoms with Crippen LogP contribution in [-0.2, 0) is 11.2 Å². The van der Waals surface area contributed by atoms with Crippen LogP contribution in [-0.4, -0.2) is 23.0 Å². The molecule has 164 valence electrons. The molecule has 2 aromatic rings. The van der Waals surface area contributed by atoms with Crippen LogP contribution in [0.4, 0.5) is 0 Å². The van der Waals surface area contributed by atoms with E-state index in [4.69, 9.17) is 5.11 Å². The molecule has 2 bridgehead atoms. The molecule has 0 spiro atoms. The number of carboxylic acids is 1. The third kappa shape index (κ3) is 5.65. The Hall–Kier alpha value is -2.40. The van der Waals surface area contributed by atoms with Crippen LogP contribution in [0, 0.1) is 17.8 Å². The molecule has 2 saturated carbocycles. The number of hydrogen-bond donors (Lipinski definition) is 2. The van der Waals surface area contributed by atoms with Gasteiger partial charge < -0.3 is 10.4 Å². The van der Waals surface area contributed by atoms with Crippen LogP contribution in [0.15, 0.2) is 53.9 Å². The number of thiophene rings is 1. The zero-order valence-corrected chi connectivity index (χ0v) is 18.7. The van der Waals surface area contributed by atoms with E-state index in [0.717, 1.165) is 24.8 Å². The van der Waals surface area contributed by atoms with Crippen molar-refractivity contribution in [1.29, 1.82) is 0 Å². The average molecular weight is 438 g/mol. The lowest BCUT2D eigenvalue weighted by atomic mass is 9.82. The smallest absolute Gasteiger partial charge is 0.303 e. The van der Waals surface area contributed by atoms with Gasteiger partial charge in [-0.15, -0.1) is 11.3 Å². The second-order valence-corrected chi connectivity index (χ2v) is 9.95. The number of carboxylic acid groups (broad SMARTS) is 1. The SMILES string of the molecule is O=C(O)CCC/C=C/C[C@H]1[C@H]2CC[C@H](C2)[C@@H]1NC(=O)c1csc(Cc2ccccc2)c1. The van der Waals surface area contributed by atoms with Crippen molar-refractivity contribution in [3.63, 3.8) is 0 Å². The van der Waals surface area contributed by atoms with Crippen molar-refractivity contribution in [3.05, 3.63) is 69.9 Å². The number of unbranched alkanes of at least 4 members (excludes halogenated alkanes) is 1. The quantitative estimate of drug-likeness (QED) is 0.371. The van der Waals surface area contributed by atoms with Gasteiger partial charge in [0.15, 0.2) is 0 Å². The van der Waals surface area contributed by atoms with Gasteiger partial charge in [0.2, 0.25) is 0 Å². The molecule has 1 aromatic carbocycles. The molecule has 4 atom stereocenters. The van der Waals surface area contributed by atoms with E-state index < -0.39 is 5.97 Å². The highest BCUT2D eigenvalue weighted by Crippen LogP contribution is 2.50. The van der Waals surface area contributed by atoms with Crippen molar-refractivity contribution >= 4 is 23.2 Å². The van der Waals surface area contributed by atoms with Gasteiger partial charge in [-0.25, -0.2) is 0 Å². The summed E-state index contributed by atoms with van der Waals surface area (Å²) in [5.41, 5.74) is 2.04. The number of amides is 1. The second-order valence-electron chi connectivity index (χ2n) is 8.95. The first-order chi connectivity index (χ1) is 15.1. The molecule has 2 N–H and O–H groups in total. The van der Waals surface area contributed by atoms with Gasteiger partial charge >= 0.3 is 5.97 Å². The van der Waals surface area contributed by atoms with E-state index in [1.807, 2.05) is 29.6 Å². The molecule has 0 radical (unpaired) electrons. The first-order valence-electron chi connectivity index (χ1n) is 11.4. The molecule has 31 heavy (non-hydrogen) atoms. The Balaban J connectivity index is 1.32. The minimum Gasteiger partial charge on any atom is -0.481 e. The summed E-state index contributed by atoms with van der Waals surface area (Å²) in [6.07, 6.45) is 11.6. The summed E-state index contributed by atoms with van der Waals surface area (Å²) >= 11 is 1.66. The summed E-state index contributed by atoms with van der Waals surface area (Å²) in [4.78, 5) is 24.8. The minimum absolute atomic E-state index is 0.0588. The summed E-state index contributed by atoms with van der Waals surface area (Å²) in [6, 6.07) is 12.7. The normalized spacial score (nSPS) is 24.6. The van der Waals surface area contributed by atoms with E-state index in [1.165, 1.54) is 29.7 Å². The fraction of sp³-hybridized carbons (Fsp3) is 0.462. The molecule has 2 aliphatic rings. The molecule has 1 aromatic heterocycles. The molecule has 0 aliphatic heterocycles. The fourth-order valence-electron chi connectivity index (χ4n) is 5.34. The molecular weight excluding hydrogens is 406 g/mol. The summed E-state index contributed by atoms with van der Waals surface area (Å²) in [6.45, 7) is 0. The molecule has 4 rings (SSSR count). The predicted octanol–water partition coefficient (Wildman–Crippen LogP) is 5.68. The molecule has 0 saturated heterocycles. The number of nitrogens with one attached hydrogen (secondary N) is 1. The summed E-state index contributed by atoms with van der Waals surface area (Å²) < 4.78 is 0.